The Bertz CT molecular complexity index is 356. The fraction of sp³-hybridized carbons (Fsp3) is 0.944. The van der Waals surface area contributed by atoms with Crippen LogP contribution >= 0.6 is 0 Å². The molecule has 0 aromatic heterocycles. The van der Waals surface area contributed by atoms with E-state index in [4.69, 9.17) is 0 Å². The predicted molar refractivity (Wildman–Crippen MR) is 82.3 cm³/mol. The van der Waals surface area contributed by atoms with Crippen LogP contribution in [0.3, 0.4) is 0 Å². The molecule has 2 nitrogen and oxygen atoms in total. The lowest BCUT2D eigenvalue weighted by Crippen LogP contribution is -2.40. The smallest absolute Gasteiger partial charge is 0.220 e. The molecule has 0 aromatic carbocycles. The van der Waals surface area contributed by atoms with Gasteiger partial charge in [0, 0.05) is 12.5 Å². The first-order valence-corrected chi connectivity index (χ1v) is 8.72. The van der Waals surface area contributed by atoms with Crippen molar-refractivity contribution in [2.45, 2.75) is 78.2 Å². The van der Waals surface area contributed by atoms with Crippen molar-refractivity contribution in [1.82, 2.24) is 5.32 Å². The zero-order chi connectivity index (χ0) is 14.3. The van der Waals surface area contributed by atoms with Gasteiger partial charge in [0.2, 0.25) is 5.91 Å². The minimum atomic E-state index is 0.337. The Hall–Kier alpha value is -0.530. The van der Waals surface area contributed by atoms with E-state index in [-0.39, 0.29) is 0 Å². The normalized spacial score (nSPS) is 33.2. The summed E-state index contributed by atoms with van der Waals surface area (Å²) in [5.74, 6) is 3.34. The molecule has 2 atom stereocenters. The summed E-state index contributed by atoms with van der Waals surface area (Å²) in [6.07, 6.45) is 9.92. The van der Waals surface area contributed by atoms with Crippen LogP contribution in [0.15, 0.2) is 0 Å². The van der Waals surface area contributed by atoms with E-state index in [0.29, 0.717) is 23.3 Å². The van der Waals surface area contributed by atoms with Gasteiger partial charge in [-0.15, -0.1) is 0 Å². The summed E-state index contributed by atoms with van der Waals surface area (Å²) in [6.45, 7) is 7.08. The Labute approximate surface area is 124 Å². The van der Waals surface area contributed by atoms with Crippen LogP contribution in [0, 0.1) is 29.1 Å². The summed E-state index contributed by atoms with van der Waals surface area (Å²) in [5, 5.41) is 3.39. The number of rotatable bonds is 5. The van der Waals surface area contributed by atoms with Gasteiger partial charge in [0.05, 0.1) is 0 Å². The van der Waals surface area contributed by atoms with Gasteiger partial charge in [0.25, 0.3) is 0 Å². The molecule has 3 rings (SSSR count). The number of hydrogen-bond donors (Lipinski definition) is 1. The molecule has 1 N–H and O–H groups in total. The van der Waals surface area contributed by atoms with Gasteiger partial charge in [-0.2, -0.15) is 0 Å². The molecule has 2 heteroatoms. The van der Waals surface area contributed by atoms with E-state index < -0.39 is 0 Å². The summed E-state index contributed by atoms with van der Waals surface area (Å²) in [7, 11) is 0. The number of hydrogen-bond acceptors (Lipinski definition) is 1. The maximum absolute atomic E-state index is 12.4. The maximum Gasteiger partial charge on any atom is 0.220 e. The van der Waals surface area contributed by atoms with Gasteiger partial charge >= 0.3 is 0 Å². The summed E-state index contributed by atoms with van der Waals surface area (Å²) >= 11 is 0. The quantitative estimate of drug-likeness (QED) is 0.804. The zero-order valence-electron chi connectivity index (χ0n) is 13.5. The van der Waals surface area contributed by atoms with E-state index in [9.17, 15) is 4.79 Å². The van der Waals surface area contributed by atoms with Crippen LogP contribution in [0.1, 0.15) is 72.1 Å². The Morgan fingerprint density at radius 2 is 1.75 bits per heavy atom. The Morgan fingerprint density at radius 3 is 2.25 bits per heavy atom. The lowest BCUT2D eigenvalue weighted by Gasteiger charge is -2.39. The third kappa shape index (κ3) is 3.77. The highest BCUT2D eigenvalue weighted by atomic mass is 16.1. The third-order valence-electron chi connectivity index (χ3n) is 5.54. The van der Waals surface area contributed by atoms with Gasteiger partial charge in [-0.05, 0) is 74.0 Å². The van der Waals surface area contributed by atoms with Crippen molar-refractivity contribution in [3.05, 3.63) is 0 Å². The molecule has 3 aliphatic carbocycles. The molecule has 0 saturated heterocycles. The average molecular weight is 277 g/mol. The Kier molecular flexibility index (Phi) is 3.85. The number of amides is 1. The molecule has 3 saturated carbocycles. The molecule has 3 aliphatic rings. The number of carbonyl (C=O) groups excluding carboxylic acids is 1. The van der Waals surface area contributed by atoms with Crippen molar-refractivity contribution in [1.29, 1.82) is 0 Å². The molecular formula is C18H31NO. The number of carbonyl (C=O) groups is 1. The molecule has 0 radical (unpaired) electrons. The van der Waals surface area contributed by atoms with E-state index >= 15 is 0 Å². The first-order valence-electron chi connectivity index (χ1n) is 8.72. The largest absolute Gasteiger partial charge is 0.353 e. The first kappa shape index (κ1) is 14.4. The van der Waals surface area contributed by atoms with Crippen LogP contribution in [0.5, 0.6) is 0 Å². The van der Waals surface area contributed by atoms with E-state index in [2.05, 4.69) is 26.1 Å². The fourth-order valence-electron chi connectivity index (χ4n) is 4.74. The van der Waals surface area contributed by atoms with Crippen LogP contribution < -0.4 is 5.32 Å². The molecule has 0 unspecified atom stereocenters. The van der Waals surface area contributed by atoms with E-state index in [1.807, 2.05) is 0 Å². The van der Waals surface area contributed by atoms with Crippen LogP contribution in [0.2, 0.25) is 0 Å². The third-order valence-corrected chi connectivity index (χ3v) is 5.54. The molecule has 0 aliphatic heterocycles. The van der Waals surface area contributed by atoms with Crippen molar-refractivity contribution in [3.63, 3.8) is 0 Å². The fourth-order valence-corrected chi connectivity index (χ4v) is 4.74. The molecule has 1 amide bonds. The second-order valence-corrected chi connectivity index (χ2v) is 8.75. The summed E-state index contributed by atoms with van der Waals surface area (Å²) in [6, 6.07) is 0.525. The second-order valence-electron chi connectivity index (χ2n) is 8.75. The minimum absolute atomic E-state index is 0.337. The molecule has 0 aromatic rings. The maximum atomic E-state index is 12.4. The number of nitrogens with one attached hydrogen (secondary N) is 1. The molecular weight excluding hydrogens is 246 g/mol. The van der Waals surface area contributed by atoms with Gasteiger partial charge in [0.1, 0.15) is 0 Å². The Morgan fingerprint density at radius 1 is 1.15 bits per heavy atom. The van der Waals surface area contributed by atoms with Crippen molar-refractivity contribution >= 4 is 5.91 Å². The zero-order valence-corrected chi connectivity index (χ0v) is 13.5. The van der Waals surface area contributed by atoms with Gasteiger partial charge in [-0.3, -0.25) is 4.79 Å². The molecule has 0 heterocycles. The highest BCUT2D eigenvalue weighted by molar-refractivity contribution is 5.76. The SMILES string of the molecule is C[C@@H]1C[C@H](CC(=O)NC(C2CC2)C2CC2)CC(C)(C)C1. The average Bonchev–Trinajstić information content (AvgIpc) is 3.16. The summed E-state index contributed by atoms with van der Waals surface area (Å²) in [4.78, 5) is 12.4. The van der Waals surface area contributed by atoms with Crippen molar-refractivity contribution in [3.8, 4) is 0 Å². The summed E-state index contributed by atoms with van der Waals surface area (Å²) < 4.78 is 0. The monoisotopic (exact) mass is 277 g/mol. The van der Waals surface area contributed by atoms with Crippen molar-refractivity contribution in [2.75, 3.05) is 0 Å². The van der Waals surface area contributed by atoms with Gasteiger partial charge in [-0.1, -0.05) is 20.8 Å². The molecule has 3 fully saturated rings. The van der Waals surface area contributed by atoms with Crippen LogP contribution in [0.4, 0.5) is 0 Å². The van der Waals surface area contributed by atoms with Crippen LogP contribution in [-0.2, 0) is 4.79 Å². The van der Waals surface area contributed by atoms with Gasteiger partial charge in [-0.25, -0.2) is 0 Å². The van der Waals surface area contributed by atoms with E-state index in [0.717, 1.165) is 24.2 Å². The highest BCUT2D eigenvalue weighted by Gasteiger charge is 2.42. The van der Waals surface area contributed by atoms with Crippen LogP contribution in [0.25, 0.3) is 0 Å². The van der Waals surface area contributed by atoms with Crippen molar-refractivity contribution < 1.29 is 4.79 Å². The van der Waals surface area contributed by atoms with Gasteiger partial charge in [0.15, 0.2) is 0 Å². The first-order chi connectivity index (χ1) is 9.43. The second kappa shape index (κ2) is 5.35. The standard InChI is InChI=1S/C18H31NO/c1-12-8-13(11-18(2,3)10-12)9-16(20)19-17(14-4-5-14)15-6-7-15/h12-15,17H,4-11H2,1-3H3,(H,19,20)/t12-,13-/m1/s1. The topological polar surface area (TPSA) is 29.1 Å². The predicted octanol–water partition coefficient (Wildman–Crippen LogP) is 4.14. The summed E-state index contributed by atoms with van der Waals surface area (Å²) in [5.41, 5.74) is 0.426. The highest BCUT2D eigenvalue weighted by Crippen LogP contribution is 2.45. The molecule has 20 heavy (non-hydrogen) atoms. The molecule has 114 valence electrons. The van der Waals surface area contributed by atoms with Crippen molar-refractivity contribution in [2.24, 2.45) is 29.1 Å². The Balaban J connectivity index is 1.50. The molecule has 0 bridgehead atoms. The lowest BCUT2D eigenvalue weighted by molar-refractivity contribution is -0.123. The van der Waals surface area contributed by atoms with E-state index in [1.165, 1.54) is 44.9 Å². The lowest BCUT2D eigenvalue weighted by atomic mass is 9.67. The van der Waals surface area contributed by atoms with Crippen LogP contribution in [-0.4, -0.2) is 11.9 Å². The van der Waals surface area contributed by atoms with Gasteiger partial charge < -0.3 is 5.32 Å². The molecule has 0 spiro atoms. The van der Waals surface area contributed by atoms with E-state index in [1.54, 1.807) is 0 Å². The minimum Gasteiger partial charge on any atom is -0.353 e.